The monoisotopic (exact) mass is 274 g/mol. The third-order valence-electron chi connectivity index (χ3n) is 2.93. The highest BCUT2D eigenvalue weighted by Gasteiger charge is 2.15. The number of benzene rings is 1. The normalized spacial score (nSPS) is 10.2. The molecule has 1 heterocycles. The van der Waals surface area contributed by atoms with Crippen molar-refractivity contribution in [3.05, 3.63) is 50.4 Å². The highest BCUT2D eigenvalue weighted by molar-refractivity contribution is 6.31. The van der Waals surface area contributed by atoms with Gasteiger partial charge < -0.3 is 10.1 Å². The second-order valence-electron chi connectivity index (χ2n) is 4.25. The van der Waals surface area contributed by atoms with Gasteiger partial charge in [-0.1, -0.05) is 11.6 Å². The van der Waals surface area contributed by atoms with Crippen molar-refractivity contribution in [3.8, 4) is 22.9 Å². The first-order chi connectivity index (χ1) is 8.95. The Labute approximate surface area is 114 Å². The van der Waals surface area contributed by atoms with E-state index in [-0.39, 0.29) is 11.3 Å². The van der Waals surface area contributed by atoms with Crippen LogP contribution in [0.15, 0.2) is 23.0 Å². The Morgan fingerprint density at radius 3 is 2.63 bits per heavy atom. The fourth-order valence-electron chi connectivity index (χ4n) is 1.90. The van der Waals surface area contributed by atoms with E-state index in [0.29, 0.717) is 27.4 Å². The van der Waals surface area contributed by atoms with Crippen molar-refractivity contribution in [2.24, 2.45) is 0 Å². The summed E-state index contributed by atoms with van der Waals surface area (Å²) in [5, 5.41) is 19.6. The molecule has 2 aromatic rings. The van der Waals surface area contributed by atoms with E-state index in [0.717, 1.165) is 0 Å². The molecule has 0 bridgehead atoms. The number of aryl methyl sites for hydroxylation is 1. The van der Waals surface area contributed by atoms with Gasteiger partial charge >= 0.3 is 0 Å². The molecular weight excluding hydrogens is 264 g/mol. The summed E-state index contributed by atoms with van der Waals surface area (Å²) in [7, 11) is 0. The molecule has 1 aromatic carbocycles. The van der Waals surface area contributed by atoms with Crippen LogP contribution in [0.1, 0.15) is 16.8 Å². The lowest BCUT2D eigenvalue weighted by atomic mass is 9.98. The van der Waals surface area contributed by atoms with Gasteiger partial charge in [0.2, 0.25) is 0 Å². The van der Waals surface area contributed by atoms with Crippen molar-refractivity contribution < 1.29 is 5.11 Å². The number of phenols is 1. The molecular formula is C14H11ClN2O2. The number of H-pyrrole nitrogens is 1. The van der Waals surface area contributed by atoms with Crippen molar-refractivity contribution in [1.29, 1.82) is 5.26 Å². The molecule has 0 atom stereocenters. The van der Waals surface area contributed by atoms with Gasteiger partial charge in [-0.3, -0.25) is 4.79 Å². The predicted molar refractivity (Wildman–Crippen MR) is 73.4 cm³/mol. The summed E-state index contributed by atoms with van der Waals surface area (Å²) >= 11 is 5.92. The number of pyridine rings is 1. The van der Waals surface area contributed by atoms with Gasteiger partial charge in [-0.2, -0.15) is 5.26 Å². The van der Waals surface area contributed by atoms with Gasteiger partial charge in [0.05, 0.1) is 0 Å². The Kier molecular flexibility index (Phi) is 3.32. The number of phenolic OH excluding ortho intramolecular Hbond substituents is 1. The Morgan fingerprint density at radius 2 is 2.00 bits per heavy atom. The molecule has 0 spiro atoms. The van der Waals surface area contributed by atoms with Crippen molar-refractivity contribution in [1.82, 2.24) is 4.98 Å². The maximum atomic E-state index is 11.7. The van der Waals surface area contributed by atoms with Gasteiger partial charge in [0, 0.05) is 27.4 Å². The van der Waals surface area contributed by atoms with Crippen molar-refractivity contribution in [2.45, 2.75) is 13.8 Å². The number of nitrogens with zero attached hydrogens (tertiary/aromatic N) is 1. The van der Waals surface area contributed by atoms with Crippen molar-refractivity contribution in [3.63, 3.8) is 0 Å². The van der Waals surface area contributed by atoms with Gasteiger partial charge in [-0.05, 0) is 32.0 Å². The molecule has 0 fully saturated rings. The minimum absolute atomic E-state index is 0.0194. The first-order valence-corrected chi connectivity index (χ1v) is 5.96. The predicted octanol–water partition coefficient (Wildman–Crippen LogP) is 2.89. The number of hydrogen-bond acceptors (Lipinski definition) is 3. The standard InChI is InChI=1S/C14H11ClN2O2/c1-7-5-10(11(6-16)14(19)17-7)9-3-4-12(15)8(2)13(9)18/h3-5,18H,1-2H3,(H,17,19). The fourth-order valence-corrected chi connectivity index (χ4v) is 2.06. The Hall–Kier alpha value is -2.25. The van der Waals surface area contributed by atoms with Crippen molar-refractivity contribution in [2.75, 3.05) is 0 Å². The fraction of sp³-hybridized carbons (Fsp3) is 0.143. The average Bonchev–Trinajstić information content (AvgIpc) is 2.35. The minimum Gasteiger partial charge on any atom is -0.507 e. The number of nitriles is 1. The third kappa shape index (κ3) is 2.20. The van der Waals surface area contributed by atoms with Crippen LogP contribution in [-0.4, -0.2) is 10.1 Å². The van der Waals surface area contributed by atoms with Crippen molar-refractivity contribution >= 4 is 11.6 Å². The zero-order valence-corrected chi connectivity index (χ0v) is 11.2. The minimum atomic E-state index is -0.468. The summed E-state index contributed by atoms with van der Waals surface area (Å²) in [6.07, 6.45) is 0. The number of rotatable bonds is 1. The number of nitrogens with one attached hydrogen (secondary N) is 1. The van der Waals surface area contributed by atoms with Crippen LogP contribution < -0.4 is 5.56 Å². The molecule has 1 aromatic heterocycles. The lowest BCUT2D eigenvalue weighted by Gasteiger charge is -2.10. The second kappa shape index (κ2) is 4.79. The summed E-state index contributed by atoms with van der Waals surface area (Å²) in [5.41, 5.74) is 1.47. The maximum Gasteiger partial charge on any atom is 0.266 e. The molecule has 0 saturated carbocycles. The van der Waals surface area contributed by atoms with Gasteiger partial charge in [-0.25, -0.2) is 0 Å². The summed E-state index contributed by atoms with van der Waals surface area (Å²) in [6.45, 7) is 3.39. The molecule has 0 saturated heterocycles. The molecule has 0 aliphatic rings. The average molecular weight is 275 g/mol. The van der Waals surface area contributed by atoms with Gasteiger partial charge in [0.15, 0.2) is 0 Å². The van der Waals surface area contributed by atoms with Crippen LogP contribution in [-0.2, 0) is 0 Å². The zero-order chi connectivity index (χ0) is 14.2. The van der Waals surface area contributed by atoms with Gasteiger partial charge in [-0.15, -0.1) is 0 Å². The number of aromatic nitrogens is 1. The number of aromatic hydroxyl groups is 1. The van der Waals surface area contributed by atoms with E-state index in [1.54, 1.807) is 32.0 Å². The zero-order valence-electron chi connectivity index (χ0n) is 10.4. The summed E-state index contributed by atoms with van der Waals surface area (Å²) in [6, 6.07) is 6.74. The largest absolute Gasteiger partial charge is 0.507 e. The number of aromatic amines is 1. The maximum absolute atomic E-state index is 11.7. The molecule has 2 N–H and O–H groups in total. The molecule has 2 rings (SSSR count). The molecule has 0 aliphatic heterocycles. The lowest BCUT2D eigenvalue weighted by Crippen LogP contribution is -2.12. The highest BCUT2D eigenvalue weighted by atomic mass is 35.5. The molecule has 0 amide bonds. The van der Waals surface area contributed by atoms with E-state index in [2.05, 4.69) is 4.98 Å². The van der Waals surface area contributed by atoms with Crippen LogP contribution in [0.25, 0.3) is 11.1 Å². The van der Waals surface area contributed by atoms with E-state index in [1.807, 2.05) is 6.07 Å². The van der Waals surface area contributed by atoms with E-state index >= 15 is 0 Å². The van der Waals surface area contributed by atoms with Crippen LogP contribution in [0.2, 0.25) is 5.02 Å². The van der Waals surface area contributed by atoms with Gasteiger partial charge in [0.1, 0.15) is 17.4 Å². The first-order valence-electron chi connectivity index (χ1n) is 5.58. The Balaban J connectivity index is 2.84. The lowest BCUT2D eigenvalue weighted by molar-refractivity contribution is 0.473. The summed E-state index contributed by atoms with van der Waals surface area (Å²) in [5.74, 6) is -0.0194. The molecule has 96 valence electrons. The topological polar surface area (TPSA) is 76.9 Å². The molecule has 4 nitrogen and oxygen atoms in total. The second-order valence-corrected chi connectivity index (χ2v) is 4.66. The first kappa shape index (κ1) is 13.2. The quantitative estimate of drug-likeness (QED) is 0.839. The highest BCUT2D eigenvalue weighted by Crippen LogP contribution is 2.36. The Bertz CT molecular complexity index is 757. The molecule has 5 heteroatoms. The SMILES string of the molecule is Cc1cc(-c2ccc(Cl)c(C)c2O)c(C#N)c(=O)[nH]1. The number of halogens is 1. The van der Waals surface area contributed by atoms with E-state index in [9.17, 15) is 9.90 Å². The van der Waals surface area contributed by atoms with Crippen LogP contribution in [0.4, 0.5) is 0 Å². The van der Waals surface area contributed by atoms with E-state index < -0.39 is 5.56 Å². The summed E-state index contributed by atoms with van der Waals surface area (Å²) < 4.78 is 0. The third-order valence-corrected chi connectivity index (χ3v) is 3.34. The van der Waals surface area contributed by atoms with Gasteiger partial charge in [0.25, 0.3) is 5.56 Å². The molecule has 0 radical (unpaired) electrons. The van der Waals surface area contributed by atoms with E-state index in [1.165, 1.54) is 0 Å². The smallest absolute Gasteiger partial charge is 0.266 e. The van der Waals surface area contributed by atoms with Crippen LogP contribution in [0, 0.1) is 25.2 Å². The molecule has 19 heavy (non-hydrogen) atoms. The van der Waals surface area contributed by atoms with Crippen LogP contribution in [0.3, 0.4) is 0 Å². The Morgan fingerprint density at radius 1 is 1.32 bits per heavy atom. The summed E-state index contributed by atoms with van der Waals surface area (Å²) in [4.78, 5) is 14.3. The molecule has 0 aliphatic carbocycles. The van der Waals surface area contributed by atoms with E-state index in [4.69, 9.17) is 16.9 Å². The molecule has 0 unspecified atom stereocenters. The van der Waals surface area contributed by atoms with Crippen LogP contribution in [0.5, 0.6) is 5.75 Å². The number of hydrogen-bond donors (Lipinski definition) is 2. The van der Waals surface area contributed by atoms with Crippen LogP contribution >= 0.6 is 11.6 Å².